The van der Waals surface area contributed by atoms with Gasteiger partial charge in [0.25, 0.3) is 0 Å². The van der Waals surface area contributed by atoms with Crippen LogP contribution in [0.4, 0.5) is 0 Å². The van der Waals surface area contributed by atoms with Crippen LogP contribution in [-0.2, 0) is 0 Å². The summed E-state index contributed by atoms with van der Waals surface area (Å²) in [5.41, 5.74) is -0.392. The molecule has 0 aromatic carbocycles. The van der Waals surface area contributed by atoms with Crippen molar-refractivity contribution in [2.45, 2.75) is 36.9 Å². The van der Waals surface area contributed by atoms with E-state index in [0.717, 1.165) is 30.2 Å². The van der Waals surface area contributed by atoms with Crippen molar-refractivity contribution in [1.82, 2.24) is 20.5 Å². The fraction of sp³-hybridized carbons (Fsp3) is 0.700. The maximum absolute atomic E-state index is 8.95. The van der Waals surface area contributed by atoms with E-state index >= 15 is 0 Å². The molecular weight excluding hydrogens is 222 g/mol. The first-order chi connectivity index (χ1) is 7.70. The minimum Gasteiger partial charge on any atom is -0.303 e. The number of hydrogen-bond acceptors (Lipinski definition) is 5. The molecule has 0 bridgehead atoms. The molecule has 1 aromatic heterocycles. The average molecular weight is 239 g/mol. The van der Waals surface area contributed by atoms with Crippen LogP contribution in [0, 0.1) is 11.3 Å². The lowest BCUT2D eigenvalue weighted by atomic mass is 9.97. The van der Waals surface area contributed by atoms with E-state index in [9.17, 15) is 0 Å². The number of thioether (sulfide) groups is 1. The van der Waals surface area contributed by atoms with E-state index in [1.165, 1.54) is 6.33 Å². The number of nitriles is 1. The lowest BCUT2D eigenvalue weighted by molar-refractivity contribution is 0.439. The van der Waals surface area contributed by atoms with Gasteiger partial charge >= 0.3 is 0 Å². The Hall–Kier alpha value is -1.06. The van der Waals surface area contributed by atoms with Gasteiger partial charge < -0.3 is 5.32 Å². The molecule has 0 fully saturated rings. The Kier molecular flexibility index (Phi) is 5.29. The Morgan fingerprint density at radius 2 is 2.44 bits per heavy atom. The number of aromatic nitrogens is 3. The minimum atomic E-state index is -0.392. The van der Waals surface area contributed by atoms with Crippen LogP contribution in [0.5, 0.6) is 0 Å². The lowest BCUT2D eigenvalue weighted by Gasteiger charge is -2.19. The summed E-state index contributed by atoms with van der Waals surface area (Å²) in [6.07, 6.45) is 4.49. The predicted molar refractivity (Wildman–Crippen MR) is 64.0 cm³/mol. The number of aromatic amines is 1. The third-order valence-corrected chi connectivity index (χ3v) is 3.46. The molecule has 5 nitrogen and oxygen atoms in total. The largest absolute Gasteiger partial charge is 0.303 e. The number of nitrogens with zero attached hydrogens (tertiary/aromatic N) is 3. The summed E-state index contributed by atoms with van der Waals surface area (Å²) in [4.78, 5) is 4.03. The molecule has 0 aliphatic carbocycles. The van der Waals surface area contributed by atoms with Crippen molar-refractivity contribution < 1.29 is 0 Å². The summed E-state index contributed by atoms with van der Waals surface area (Å²) in [7, 11) is 1.83. The highest BCUT2D eigenvalue weighted by atomic mass is 32.2. The second-order valence-electron chi connectivity index (χ2n) is 3.79. The Bertz CT molecular complexity index is 331. The van der Waals surface area contributed by atoms with Crippen LogP contribution >= 0.6 is 11.8 Å². The van der Waals surface area contributed by atoms with E-state index in [1.807, 2.05) is 14.0 Å². The van der Waals surface area contributed by atoms with Crippen molar-refractivity contribution in [3.05, 3.63) is 6.33 Å². The third kappa shape index (κ3) is 4.21. The summed E-state index contributed by atoms with van der Waals surface area (Å²) in [6.45, 7) is 1.93. The normalized spacial score (nSPS) is 14.3. The van der Waals surface area contributed by atoms with Crippen molar-refractivity contribution >= 4 is 11.8 Å². The molecule has 1 unspecified atom stereocenters. The van der Waals surface area contributed by atoms with Gasteiger partial charge in [0, 0.05) is 5.75 Å². The summed E-state index contributed by atoms with van der Waals surface area (Å²) in [6, 6.07) is 2.29. The van der Waals surface area contributed by atoms with Crippen LogP contribution in [0.2, 0.25) is 0 Å². The van der Waals surface area contributed by atoms with Gasteiger partial charge in [0.15, 0.2) is 5.16 Å². The standard InChI is InChI=1S/C10H17N5S/c1-10(7-11,12-2)5-3-4-6-16-9-13-8-14-15-9/h8,12H,3-6H2,1-2H3,(H,13,14,15). The van der Waals surface area contributed by atoms with Crippen molar-refractivity contribution in [2.24, 2.45) is 0 Å². The fourth-order valence-corrected chi connectivity index (χ4v) is 2.03. The van der Waals surface area contributed by atoms with Crippen LogP contribution in [0.1, 0.15) is 26.2 Å². The monoisotopic (exact) mass is 239 g/mol. The maximum Gasteiger partial charge on any atom is 0.183 e. The molecule has 0 aliphatic rings. The van der Waals surface area contributed by atoms with E-state index in [0.29, 0.717) is 0 Å². The molecule has 1 heterocycles. The molecule has 0 aliphatic heterocycles. The average Bonchev–Trinajstić information content (AvgIpc) is 2.81. The van der Waals surface area contributed by atoms with Crippen molar-refractivity contribution in [3.63, 3.8) is 0 Å². The zero-order chi connectivity index (χ0) is 11.9. The van der Waals surface area contributed by atoms with Gasteiger partial charge in [0.1, 0.15) is 11.9 Å². The molecule has 1 aromatic rings. The van der Waals surface area contributed by atoms with Gasteiger partial charge in [-0.1, -0.05) is 11.8 Å². The van der Waals surface area contributed by atoms with Gasteiger partial charge in [0.05, 0.1) is 6.07 Å². The van der Waals surface area contributed by atoms with Crippen LogP contribution < -0.4 is 5.32 Å². The van der Waals surface area contributed by atoms with Gasteiger partial charge in [-0.25, -0.2) is 4.98 Å². The summed E-state index contributed by atoms with van der Waals surface area (Å²) in [5.74, 6) is 1.00. The first kappa shape index (κ1) is 13.0. The first-order valence-electron chi connectivity index (χ1n) is 5.28. The molecule has 88 valence electrons. The SMILES string of the molecule is CNC(C)(C#N)CCCCSc1ncn[nH]1. The predicted octanol–water partition coefficient (Wildman–Crippen LogP) is 1.57. The molecule has 0 amide bonds. The highest BCUT2D eigenvalue weighted by molar-refractivity contribution is 7.99. The first-order valence-corrected chi connectivity index (χ1v) is 6.27. The molecule has 1 rings (SSSR count). The minimum absolute atomic E-state index is 0.392. The summed E-state index contributed by atoms with van der Waals surface area (Å²) in [5, 5.41) is 19.4. The zero-order valence-corrected chi connectivity index (χ0v) is 10.5. The van der Waals surface area contributed by atoms with E-state index in [2.05, 4.69) is 26.6 Å². The molecule has 0 spiro atoms. The van der Waals surface area contributed by atoms with Gasteiger partial charge in [-0.2, -0.15) is 10.4 Å². The molecule has 16 heavy (non-hydrogen) atoms. The third-order valence-electron chi connectivity index (χ3n) is 2.50. The smallest absolute Gasteiger partial charge is 0.183 e. The zero-order valence-electron chi connectivity index (χ0n) is 9.66. The van der Waals surface area contributed by atoms with Crippen molar-refractivity contribution in [1.29, 1.82) is 5.26 Å². The molecule has 1 atom stereocenters. The van der Waals surface area contributed by atoms with Crippen molar-refractivity contribution in [3.8, 4) is 6.07 Å². The Morgan fingerprint density at radius 3 is 3.00 bits per heavy atom. The highest BCUT2D eigenvalue weighted by Crippen LogP contribution is 2.17. The molecule has 2 N–H and O–H groups in total. The molecule has 0 radical (unpaired) electrons. The van der Waals surface area contributed by atoms with Crippen LogP contribution in [0.25, 0.3) is 0 Å². The lowest BCUT2D eigenvalue weighted by Crippen LogP contribution is -2.37. The molecular formula is C10H17N5S. The van der Waals surface area contributed by atoms with Crippen LogP contribution in [0.3, 0.4) is 0 Å². The Balaban J connectivity index is 2.11. The number of H-pyrrole nitrogens is 1. The number of hydrogen-bond donors (Lipinski definition) is 2. The van der Waals surface area contributed by atoms with E-state index in [4.69, 9.17) is 5.26 Å². The van der Waals surface area contributed by atoms with E-state index in [1.54, 1.807) is 11.8 Å². The van der Waals surface area contributed by atoms with Crippen LogP contribution in [0.15, 0.2) is 11.5 Å². The molecule has 0 saturated carbocycles. The van der Waals surface area contributed by atoms with Gasteiger partial charge in [-0.05, 0) is 33.2 Å². The number of rotatable bonds is 7. The quantitative estimate of drug-likeness (QED) is 0.558. The fourth-order valence-electron chi connectivity index (χ4n) is 1.25. The summed E-state index contributed by atoms with van der Waals surface area (Å²) < 4.78 is 0. The van der Waals surface area contributed by atoms with Gasteiger partial charge in [-0.15, -0.1) is 0 Å². The Morgan fingerprint density at radius 1 is 1.62 bits per heavy atom. The topological polar surface area (TPSA) is 77.4 Å². The van der Waals surface area contributed by atoms with Crippen LogP contribution in [-0.4, -0.2) is 33.5 Å². The van der Waals surface area contributed by atoms with Gasteiger partial charge in [-0.3, -0.25) is 5.10 Å². The van der Waals surface area contributed by atoms with Gasteiger partial charge in [0.2, 0.25) is 0 Å². The molecule has 0 saturated heterocycles. The van der Waals surface area contributed by atoms with E-state index in [-0.39, 0.29) is 0 Å². The highest BCUT2D eigenvalue weighted by Gasteiger charge is 2.19. The second-order valence-corrected chi connectivity index (χ2v) is 4.87. The number of unbranched alkanes of at least 4 members (excludes halogenated alkanes) is 1. The molecule has 6 heteroatoms. The summed E-state index contributed by atoms with van der Waals surface area (Å²) >= 11 is 1.66. The number of nitrogens with one attached hydrogen (secondary N) is 2. The Labute approximate surface area is 100 Å². The maximum atomic E-state index is 8.95. The van der Waals surface area contributed by atoms with Crippen molar-refractivity contribution in [2.75, 3.05) is 12.8 Å². The second kappa shape index (κ2) is 6.51. The van der Waals surface area contributed by atoms with E-state index < -0.39 is 5.54 Å².